The van der Waals surface area contributed by atoms with Crippen LogP contribution in [0, 0.1) is 5.92 Å². The summed E-state index contributed by atoms with van der Waals surface area (Å²) in [6.45, 7) is 2.02. The first-order valence-corrected chi connectivity index (χ1v) is 7.23. The van der Waals surface area contributed by atoms with E-state index in [4.69, 9.17) is 4.74 Å². The lowest BCUT2D eigenvalue weighted by Gasteiger charge is -2.33. The van der Waals surface area contributed by atoms with E-state index in [0.29, 0.717) is 6.42 Å². The molecule has 0 radical (unpaired) electrons. The van der Waals surface area contributed by atoms with Gasteiger partial charge in [-0.25, -0.2) is 0 Å². The Balaban J connectivity index is 1.63. The van der Waals surface area contributed by atoms with Crippen molar-refractivity contribution in [1.82, 2.24) is 4.90 Å². The van der Waals surface area contributed by atoms with Gasteiger partial charge in [0.05, 0.1) is 12.0 Å². The molecule has 2 saturated heterocycles. The summed E-state index contributed by atoms with van der Waals surface area (Å²) in [4.78, 5) is 26.3. The zero-order chi connectivity index (χ0) is 13.9. The number of benzene rings is 1. The van der Waals surface area contributed by atoms with Crippen LogP contribution >= 0.6 is 0 Å². The zero-order valence-corrected chi connectivity index (χ0v) is 11.5. The van der Waals surface area contributed by atoms with Crippen molar-refractivity contribution in [3.05, 3.63) is 35.9 Å². The summed E-state index contributed by atoms with van der Waals surface area (Å²) in [6.07, 6.45) is 2.31. The minimum absolute atomic E-state index is 0.200. The van der Waals surface area contributed by atoms with Crippen molar-refractivity contribution >= 4 is 11.8 Å². The molecule has 2 heterocycles. The van der Waals surface area contributed by atoms with Crippen LogP contribution < -0.4 is 0 Å². The molecule has 2 aliphatic rings. The Labute approximate surface area is 118 Å². The van der Waals surface area contributed by atoms with E-state index in [1.54, 1.807) is 0 Å². The van der Waals surface area contributed by atoms with Crippen LogP contribution in [0.3, 0.4) is 0 Å². The van der Waals surface area contributed by atoms with Gasteiger partial charge in [0, 0.05) is 13.0 Å². The molecule has 2 fully saturated rings. The van der Waals surface area contributed by atoms with Crippen molar-refractivity contribution in [2.24, 2.45) is 5.92 Å². The molecule has 3 rings (SSSR count). The van der Waals surface area contributed by atoms with Gasteiger partial charge >= 0.3 is 5.97 Å². The van der Waals surface area contributed by atoms with Crippen molar-refractivity contribution in [3.63, 3.8) is 0 Å². The van der Waals surface area contributed by atoms with Crippen LogP contribution in [0.2, 0.25) is 0 Å². The van der Waals surface area contributed by atoms with E-state index in [-0.39, 0.29) is 30.3 Å². The molecule has 0 unspecified atom stereocenters. The highest BCUT2D eigenvalue weighted by molar-refractivity contribution is 5.91. The maximum Gasteiger partial charge on any atom is 0.311 e. The van der Waals surface area contributed by atoms with E-state index in [0.717, 1.165) is 31.5 Å². The molecule has 106 valence electrons. The standard InChI is InChI=1S/C16H19NO3/c18-14-8-10-17-9-4-7-13(15(14)17)16(19)20-11-12-5-2-1-3-6-12/h1-3,5-6,13,15H,4,7-11H2/t13-,15-/m1/s1. The van der Waals surface area contributed by atoms with Crippen LogP contribution in [0.4, 0.5) is 0 Å². The van der Waals surface area contributed by atoms with E-state index >= 15 is 0 Å². The first kappa shape index (κ1) is 13.3. The summed E-state index contributed by atoms with van der Waals surface area (Å²) in [7, 11) is 0. The Morgan fingerprint density at radius 3 is 2.85 bits per heavy atom. The summed E-state index contributed by atoms with van der Waals surface area (Å²) in [5.41, 5.74) is 0.978. The number of carbonyl (C=O) groups excluding carboxylic acids is 2. The molecule has 0 aromatic heterocycles. The minimum atomic E-state index is -0.275. The molecule has 1 aromatic carbocycles. The molecule has 0 aliphatic carbocycles. The van der Waals surface area contributed by atoms with E-state index in [1.807, 2.05) is 30.3 Å². The molecule has 1 aromatic rings. The molecule has 2 atom stereocenters. The molecule has 4 heteroatoms. The van der Waals surface area contributed by atoms with Crippen LogP contribution in [0.1, 0.15) is 24.8 Å². The average molecular weight is 273 g/mol. The smallest absolute Gasteiger partial charge is 0.311 e. The van der Waals surface area contributed by atoms with Gasteiger partial charge in [-0.15, -0.1) is 0 Å². The van der Waals surface area contributed by atoms with Crippen LogP contribution in [-0.4, -0.2) is 35.8 Å². The average Bonchev–Trinajstić information content (AvgIpc) is 2.87. The molecule has 4 nitrogen and oxygen atoms in total. The Bertz CT molecular complexity index is 500. The predicted octanol–water partition coefficient (Wildman–Crippen LogP) is 1.78. The highest BCUT2D eigenvalue weighted by atomic mass is 16.5. The first-order chi connectivity index (χ1) is 9.75. The third-order valence-electron chi connectivity index (χ3n) is 4.24. The molecule has 20 heavy (non-hydrogen) atoms. The number of fused-ring (bicyclic) bond motifs is 1. The van der Waals surface area contributed by atoms with Crippen molar-refractivity contribution < 1.29 is 14.3 Å². The van der Waals surface area contributed by atoms with Crippen molar-refractivity contribution in [3.8, 4) is 0 Å². The van der Waals surface area contributed by atoms with Crippen molar-refractivity contribution in [2.45, 2.75) is 31.9 Å². The summed E-state index contributed by atoms with van der Waals surface area (Å²) in [6, 6.07) is 9.41. The number of carbonyl (C=O) groups is 2. The predicted molar refractivity (Wildman–Crippen MR) is 73.9 cm³/mol. The quantitative estimate of drug-likeness (QED) is 0.788. The highest BCUT2D eigenvalue weighted by Crippen LogP contribution is 2.30. The SMILES string of the molecule is O=C(OCc1ccccc1)[C@@H]1CCCN2CCC(=O)[C@@H]12. The van der Waals surface area contributed by atoms with Crippen molar-refractivity contribution in [1.29, 1.82) is 0 Å². The largest absolute Gasteiger partial charge is 0.461 e. The lowest BCUT2D eigenvalue weighted by Crippen LogP contribution is -2.47. The van der Waals surface area contributed by atoms with Gasteiger partial charge in [-0.2, -0.15) is 0 Å². The molecular weight excluding hydrogens is 254 g/mol. The Morgan fingerprint density at radius 1 is 1.25 bits per heavy atom. The molecule has 0 bridgehead atoms. The summed E-state index contributed by atoms with van der Waals surface area (Å²) < 4.78 is 5.41. The van der Waals surface area contributed by atoms with Crippen molar-refractivity contribution in [2.75, 3.05) is 13.1 Å². The molecular formula is C16H19NO3. The van der Waals surface area contributed by atoms with Gasteiger partial charge in [-0.05, 0) is 24.9 Å². The topological polar surface area (TPSA) is 46.6 Å². The van der Waals surface area contributed by atoms with Gasteiger partial charge in [-0.1, -0.05) is 30.3 Å². The maximum absolute atomic E-state index is 12.3. The minimum Gasteiger partial charge on any atom is -0.461 e. The Hall–Kier alpha value is -1.68. The van der Waals surface area contributed by atoms with Gasteiger partial charge in [0.2, 0.25) is 0 Å². The number of hydrogen-bond acceptors (Lipinski definition) is 4. The second kappa shape index (κ2) is 5.75. The molecule has 0 saturated carbocycles. The van der Waals surface area contributed by atoms with Gasteiger partial charge in [0.1, 0.15) is 6.61 Å². The van der Waals surface area contributed by atoms with Gasteiger partial charge in [0.15, 0.2) is 5.78 Å². The highest BCUT2D eigenvalue weighted by Gasteiger charge is 2.44. The first-order valence-electron chi connectivity index (χ1n) is 7.23. The maximum atomic E-state index is 12.3. The lowest BCUT2D eigenvalue weighted by atomic mass is 9.88. The Morgan fingerprint density at radius 2 is 2.05 bits per heavy atom. The zero-order valence-electron chi connectivity index (χ0n) is 11.5. The van der Waals surface area contributed by atoms with Crippen LogP contribution in [0.25, 0.3) is 0 Å². The van der Waals surface area contributed by atoms with E-state index in [1.165, 1.54) is 0 Å². The second-order valence-electron chi connectivity index (χ2n) is 5.54. The number of ether oxygens (including phenoxy) is 1. The number of hydrogen-bond donors (Lipinski definition) is 0. The lowest BCUT2D eigenvalue weighted by molar-refractivity contribution is -0.155. The molecule has 0 spiro atoms. The normalized spacial score (nSPS) is 26.3. The number of ketones is 1. The number of Topliss-reactive ketones (excluding diaryl/α,β-unsaturated/α-hetero) is 1. The fourth-order valence-electron chi connectivity index (χ4n) is 3.23. The summed E-state index contributed by atoms with van der Waals surface area (Å²) in [5.74, 6) is -0.298. The van der Waals surface area contributed by atoms with Crippen LogP contribution in [0.15, 0.2) is 30.3 Å². The number of nitrogens with zero attached hydrogens (tertiary/aromatic N) is 1. The third kappa shape index (κ3) is 2.61. The fourth-order valence-corrected chi connectivity index (χ4v) is 3.23. The number of rotatable bonds is 3. The monoisotopic (exact) mass is 273 g/mol. The van der Waals surface area contributed by atoms with E-state index < -0.39 is 0 Å². The van der Waals surface area contributed by atoms with Crippen LogP contribution in [0.5, 0.6) is 0 Å². The fraction of sp³-hybridized carbons (Fsp3) is 0.500. The summed E-state index contributed by atoms with van der Waals surface area (Å²) in [5, 5.41) is 0. The number of esters is 1. The van der Waals surface area contributed by atoms with Gasteiger partial charge in [-0.3, -0.25) is 14.5 Å². The number of piperidine rings is 1. The van der Waals surface area contributed by atoms with E-state index in [9.17, 15) is 9.59 Å². The van der Waals surface area contributed by atoms with Crippen LogP contribution in [-0.2, 0) is 20.9 Å². The third-order valence-corrected chi connectivity index (χ3v) is 4.24. The van der Waals surface area contributed by atoms with E-state index in [2.05, 4.69) is 4.90 Å². The second-order valence-corrected chi connectivity index (χ2v) is 5.54. The molecule has 0 N–H and O–H groups in total. The van der Waals surface area contributed by atoms with Gasteiger partial charge in [0.25, 0.3) is 0 Å². The summed E-state index contributed by atoms with van der Waals surface area (Å²) >= 11 is 0. The van der Waals surface area contributed by atoms with Gasteiger partial charge < -0.3 is 4.74 Å². The molecule has 0 amide bonds. The molecule has 2 aliphatic heterocycles. The Kier molecular flexibility index (Phi) is 3.83.